The Balaban J connectivity index is 1.32. The van der Waals surface area contributed by atoms with Gasteiger partial charge in [-0.05, 0) is 81.7 Å². The van der Waals surface area contributed by atoms with E-state index in [1.54, 1.807) is 4.68 Å². The lowest BCUT2D eigenvalue weighted by Gasteiger charge is -2.39. The van der Waals surface area contributed by atoms with E-state index in [1.165, 1.54) is 31.9 Å². The number of sulfone groups is 1. The second-order valence-electron chi connectivity index (χ2n) is 10.9. The molecule has 13 heteroatoms. The summed E-state index contributed by atoms with van der Waals surface area (Å²) >= 11 is 0. The van der Waals surface area contributed by atoms with Crippen LogP contribution in [0.3, 0.4) is 0 Å². The number of alkyl halides is 3. The molecule has 39 heavy (non-hydrogen) atoms. The maximum atomic E-state index is 12.8. The second-order valence-corrected chi connectivity index (χ2v) is 12.9. The van der Waals surface area contributed by atoms with Gasteiger partial charge in [0.05, 0.1) is 4.90 Å². The van der Waals surface area contributed by atoms with Gasteiger partial charge in [0.15, 0.2) is 5.82 Å². The number of carbonyl (C=O) groups is 1. The van der Waals surface area contributed by atoms with Crippen LogP contribution in [0.25, 0.3) is 4.85 Å². The van der Waals surface area contributed by atoms with Gasteiger partial charge in [-0.2, -0.15) is 18.3 Å². The van der Waals surface area contributed by atoms with Gasteiger partial charge in [-0.1, -0.05) is 4.85 Å². The van der Waals surface area contributed by atoms with E-state index in [-0.39, 0.29) is 29.2 Å². The van der Waals surface area contributed by atoms with Crippen LogP contribution in [0.5, 0.6) is 0 Å². The first kappa shape index (κ1) is 27.5. The van der Waals surface area contributed by atoms with Gasteiger partial charge in [-0.15, -0.1) is 0 Å². The quantitative estimate of drug-likeness (QED) is 0.461. The van der Waals surface area contributed by atoms with Crippen molar-refractivity contribution < 1.29 is 26.4 Å². The molecular formula is C26H32F3N6O3S+. The lowest BCUT2D eigenvalue weighted by Crippen LogP contribution is -2.47. The fourth-order valence-electron chi connectivity index (χ4n) is 5.94. The molecule has 3 saturated carbocycles. The van der Waals surface area contributed by atoms with Crippen LogP contribution in [0.1, 0.15) is 61.3 Å². The van der Waals surface area contributed by atoms with Crippen molar-refractivity contribution in [2.24, 2.45) is 17.6 Å². The van der Waals surface area contributed by atoms with Gasteiger partial charge in [0, 0.05) is 30.4 Å². The van der Waals surface area contributed by atoms with Crippen LogP contribution >= 0.6 is 0 Å². The predicted molar refractivity (Wildman–Crippen MR) is 139 cm³/mol. The molecule has 1 amide bonds. The molecule has 1 aromatic heterocycles. The first-order chi connectivity index (χ1) is 18.4. The van der Waals surface area contributed by atoms with E-state index < -0.39 is 26.1 Å². The average molecular weight is 566 g/mol. The standard InChI is InChI=1S/C26H31F3N6O3S/c1-31-21-13-18(34(2)23(15-3-4-15)16-5-6-16)9-12-22(21)35-14-20(24(30)36)25(33-35)32-17-7-10-19(11-8-17)39(37,38)26(27,28)29/h1,7-8,10-11,14-16,18,21-23H,3-6,9,12-13H2,2H3,(H2-,30,32,33,36)/p+1/t18-,21+,22+/m1/s1. The van der Waals surface area contributed by atoms with Gasteiger partial charge >= 0.3 is 5.51 Å². The zero-order chi connectivity index (χ0) is 28.1. The number of rotatable bonds is 9. The summed E-state index contributed by atoms with van der Waals surface area (Å²) < 4.78 is 63.4. The molecule has 3 N–H and O–H groups in total. The van der Waals surface area contributed by atoms with E-state index in [2.05, 4.69) is 27.2 Å². The molecule has 0 aliphatic heterocycles. The lowest BCUT2D eigenvalue weighted by atomic mass is 9.85. The monoisotopic (exact) mass is 565 g/mol. The Labute approximate surface area is 225 Å². The van der Waals surface area contributed by atoms with Gasteiger partial charge in [-0.3, -0.25) is 14.4 Å². The number of carbonyl (C=O) groups excluding carboxylic acids is 1. The zero-order valence-corrected chi connectivity index (χ0v) is 22.3. The van der Waals surface area contributed by atoms with E-state index in [4.69, 9.17) is 12.3 Å². The van der Waals surface area contributed by atoms with E-state index in [0.717, 1.165) is 55.4 Å². The summed E-state index contributed by atoms with van der Waals surface area (Å²) in [5, 5.41) is 7.38. The van der Waals surface area contributed by atoms with Crippen molar-refractivity contribution >= 4 is 27.2 Å². The van der Waals surface area contributed by atoms with Crippen molar-refractivity contribution in [2.75, 3.05) is 12.4 Å². The van der Waals surface area contributed by atoms with E-state index in [9.17, 15) is 26.4 Å². The third kappa shape index (κ3) is 5.49. The number of anilines is 2. The van der Waals surface area contributed by atoms with Crippen molar-refractivity contribution in [3.8, 4) is 6.57 Å². The van der Waals surface area contributed by atoms with Crippen LogP contribution in [0, 0.1) is 18.4 Å². The number of hydrogen-bond donors (Lipinski definition) is 2. The Morgan fingerprint density at radius 3 is 2.28 bits per heavy atom. The van der Waals surface area contributed by atoms with Crippen molar-refractivity contribution in [3.63, 3.8) is 0 Å². The van der Waals surface area contributed by atoms with E-state index in [0.29, 0.717) is 12.1 Å². The topological polar surface area (TPSA) is 115 Å². The highest BCUT2D eigenvalue weighted by Gasteiger charge is 2.48. The van der Waals surface area contributed by atoms with E-state index >= 15 is 0 Å². The molecule has 1 aromatic carbocycles. The minimum absolute atomic E-state index is 0.0829. The Hall–Kier alpha value is -3.11. The molecule has 3 aliphatic carbocycles. The molecule has 0 radical (unpaired) electrons. The molecule has 0 spiro atoms. The Bertz CT molecular complexity index is 1370. The number of hydrogen-bond acceptors (Lipinski definition) is 6. The first-order valence-corrected chi connectivity index (χ1v) is 14.6. The number of primary amides is 1. The molecule has 5 rings (SSSR count). The Kier molecular flexibility index (Phi) is 7.13. The highest BCUT2D eigenvalue weighted by molar-refractivity contribution is 7.92. The largest absolute Gasteiger partial charge is 0.501 e. The van der Waals surface area contributed by atoms with Gasteiger partial charge in [0.25, 0.3) is 28.4 Å². The molecular weight excluding hydrogens is 533 g/mol. The Morgan fingerprint density at radius 1 is 1.15 bits per heavy atom. The van der Waals surface area contributed by atoms with Crippen LogP contribution < -0.4 is 11.1 Å². The summed E-state index contributed by atoms with van der Waals surface area (Å²) in [5.74, 6) is 0.931. The SMILES string of the molecule is C#[N+][C@H]1C[C@H](N(C)C(C2CC2)C2CC2)CC[C@@H]1n1cc(C(N)=O)c(Nc2ccc(S(=O)(=O)C(F)(F)F)cc2)n1. The summed E-state index contributed by atoms with van der Waals surface area (Å²) in [6.45, 7) is 5.85. The summed E-state index contributed by atoms with van der Waals surface area (Å²) in [4.78, 5) is 18.0. The van der Waals surface area contributed by atoms with Crippen LogP contribution in [-0.4, -0.2) is 59.7 Å². The normalized spacial score (nSPS) is 24.1. The highest BCUT2D eigenvalue weighted by Crippen LogP contribution is 2.48. The van der Waals surface area contributed by atoms with Crippen LogP contribution in [0.4, 0.5) is 24.7 Å². The third-order valence-electron chi connectivity index (χ3n) is 8.27. The summed E-state index contributed by atoms with van der Waals surface area (Å²) in [5.41, 5.74) is 0.491. The third-order valence-corrected chi connectivity index (χ3v) is 9.77. The molecule has 3 fully saturated rings. The molecule has 0 bridgehead atoms. The van der Waals surface area contributed by atoms with Crippen LogP contribution in [-0.2, 0) is 9.84 Å². The number of halogens is 3. The number of amides is 1. The highest BCUT2D eigenvalue weighted by atomic mass is 32.2. The molecule has 0 unspecified atom stereocenters. The van der Waals surface area contributed by atoms with Crippen molar-refractivity contribution in [1.29, 1.82) is 0 Å². The van der Waals surface area contributed by atoms with Gasteiger partial charge < -0.3 is 11.1 Å². The predicted octanol–water partition coefficient (Wildman–Crippen LogP) is 4.56. The minimum atomic E-state index is -5.47. The zero-order valence-electron chi connectivity index (χ0n) is 21.5. The molecule has 9 nitrogen and oxygen atoms in total. The van der Waals surface area contributed by atoms with E-state index in [1.807, 2.05) is 0 Å². The van der Waals surface area contributed by atoms with Gasteiger partial charge in [-0.25, -0.2) is 8.42 Å². The fourth-order valence-corrected chi connectivity index (χ4v) is 6.70. The summed E-state index contributed by atoms with van der Waals surface area (Å²) in [7, 11) is -3.26. The van der Waals surface area contributed by atoms with Crippen molar-refractivity contribution in [1.82, 2.24) is 14.7 Å². The number of nitrogens with two attached hydrogens (primary N) is 1. The summed E-state index contributed by atoms with van der Waals surface area (Å²) in [6, 6.07) is 4.53. The molecule has 210 valence electrons. The van der Waals surface area contributed by atoms with Crippen molar-refractivity contribution in [3.05, 3.63) is 40.9 Å². The maximum Gasteiger partial charge on any atom is 0.501 e. The van der Waals surface area contributed by atoms with Crippen LogP contribution in [0.15, 0.2) is 35.4 Å². The number of benzene rings is 1. The minimum Gasteiger partial charge on any atom is -0.365 e. The second kappa shape index (κ2) is 10.1. The number of aromatic nitrogens is 2. The molecule has 2 aromatic rings. The smallest absolute Gasteiger partial charge is 0.365 e. The fraction of sp³-hybridized carbons (Fsp3) is 0.577. The molecule has 1 heterocycles. The van der Waals surface area contributed by atoms with Gasteiger partial charge in [0.1, 0.15) is 11.6 Å². The number of nitrogens with one attached hydrogen (secondary N) is 1. The molecule has 3 aliphatic rings. The average Bonchev–Trinajstić information content (AvgIpc) is 3.83. The van der Waals surface area contributed by atoms with Crippen LogP contribution in [0.2, 0.25) is 0 Å². The number of nitrogens with zero attached hydrogens (tertiary/aromatic N) is 4. The molecule has 0 saturated heterocycles. The molecule has 3 atom stereocenters. The Morgan fingerprint density at radius 2 is 1.77 bits per heavy atom. The maximum absolute atomic E-state index is 12.8. The lowest BCUT2D eigenvalue weighted by molar-refractivity contribution is -0.0436. The van der Waals surface area contributed by atoms with Crippen molar-refractivity contribution in [2.45, 2.75) is 79.5 Å². The first-order valence-electron chi connectivity index (χ1n) is 13.1. The summed E-state index contributed by atoms with van der Waals surface area (Å²) in [6.07, 6.45) is 9.14. The van der Waals surface area contributed by atoms with Gasteiger partial charge in [0.2, 0.25) is 0 Å².